The Labute approximate surface area is 160 Å². The van der Waals surface area contributed by atoms with Crippen LogP contribution in [0, 0.1) is 5.82 Å². The van der Waals surface area contributed by atoms with Crippen LogP contribution in [0.1, 0.15) is 37.8 Å². The van der Waals surface area contributed by atoms with Gasteiger partial charge in [0.15, 0.2) is 0 Å². The molecule has 1 heterocycles. The van der Waals surface area contributed by atoms with Gasteiger partial charge in [-0.3, -0.25) is 9.69 Å². The zero-order chi connectivity index (χ0) is 19.3. The van der Waals surface area contributed by atoms with Crippen molar-refractivity contribution in [1.29, 1.82) is 0 Å². The van der Waals surface area contributed by atoms with E-state index >= 15 is 0 Å². The summed E-state index contributed by atoms with van der Waals surface area (Å²) in [5.74, 6) is -0.369. The molecule has 1 amide bonds. The Morgan fingerprint density at radius 3 is 2.33 bits per heavy atom. The van der Waals surface area contributed by atoms with E-state index in [1.807, 2.05) is 24.3 Å². The SMILES string of the molecule is CC(=O)NC1(c2ccccc2F)CCN(C/C(C)=C/c2ccccc2)CC1. The van der Waals surface area contributed by atoms with Crippen molar-refractivity contribution in [2.45, 2.75) is 32.2 Å². The van der Waals surface area contributed by atoms with E-state index in [9.17, 15) is 9.18 Å². The van der Waals surface area contributed by atoms with Gasteiger partial charge in [-0.15, -0.1) is 0 Å². The molecule has 3 rings (SSSR count). The molecule has 2 aromatic carbocycles. The number of nitrogens with zero attached hydrogens (tertiary/aromatic N) is 1. The lowest BCUT2D eigenvalue weighted by molar-refractivity contribution is -0.121. The van der Waals surface area contributed by atoms with Crippen molar-refractivity contribution < 1.29 is 9.18 Å². The van der Waals surface area contributed by atoms with Crippen molar-refractivity contribution in [2.24, 2.45) is 0 Å². The average molecular weight is 366 g/mol. The van der Waals surface area contributed by atoms with Crippen LogP contribution in [0.2, 0.25) is 0 Å². The molecule has 0 saturated carbocycles. The zero-order valence-electron chi connectivity index (χ0n) is 16.0. The van der Waals surface area contributed by atoms with E-state index in [1.165, 1.54) is 24.1 Å². The molecule has 1 aliphatic heterocycles. The van der Waals surface area contributed by atoms with E-state index in [4.69, 9.17) is 0 Å². The largest absolute Gasteiger partial charge is 0.347 e. The summed E-state index contributed by atoms with van der Waals surface area (Å²) in [6.07, 6.45) is 3.60. The molecular weight excluding hydrogens is 339 g/mol. The fourth-order valence-corrected chi connectivity index (χ4v) is 3.97. The molecular formula is C23H27FN2O. The summed E-state index contributed by atoms with van der Waals surface area (Å²) < 4.78 is 14.4. The summed E-state index contributed by atoms with van der Waals surface area (Å²) in [5, 5.41) is 3.05. The van der Waals surface area contributed by atoms with E-state index < -0.39 is 5.54 Å². The highest BCUT2D eigenvalue weighted by Gasteiger charge is 2.38. The Balaban J connectivity index is 1.70. The molecule has 0 atom stereocenters. The van der Waals surface area contributed by atoms with Crippen LogP contribution in [0.4, 0.5) is 4.39 Å². The molecule has 1 fully saturated rings. The van der Waals surface area contributed by atoms with E-state index in [0.717, 1.165) is 19.6 Å². The number of hydrogen-bond acceptors (Lipinski definition) is 2. The van der Waals surface area contributed by atoms with E-state index in [0.29, 0.717) is 18.4 Å². The number of likely N-dealkylation sites (tertiary alicyclic amines) is 1. The normalized spacial score (nSPS) is 17.5. The molecule has 0 aromatic heterocycles. The van der Waals surface area contributed by atoms with Crippen molar-refractivity contribution >= 4 is 12.0 Å². The van der Waals surface area contributed by atoms with Crippen molar-refractivity contribution in [3.05, 3.63) is 77.1 Å². The van der Waals surface area contributed by atoms with Gasteiger partial charge in [-0.1, -0.05) is 60.2 Å². The van der Waals surface area contributed by atoms with Gasteiger partial charge < -0.3 is 5.32 Å². The van der Waals surface area contributed by atoms with Gasteiger partial charge in [-0.25, -0.2) is 4.39 Å². The van der Waals surface area contributed by atoms with E-state index in [2.05, 4.69) is 35.3 Å². The van der Waals surface area contributed by atoms with Gasteiger partial charge in [-0.05, 0) is 31.4 Å². The van der Waals surface area contributed by atoms with Crippen molar-refractivity contribution in [3.8, 4) is 0 Å². The van der Waals surface area contributed by atoms with Crippen LogP contribution in [-0.4, -0.2) is 30.4 Å². The topological polar surface area (TPSA) is 32.3 Å². The second-order valence-electron chi connectivity index (χ2n) is 7.42. The van der Waals surface area contributed by atoms with Crippen LogP contribution < -0.4 is 5.32 Å². The molecule has 1 saturated heterocycles. The Hall–Kier alpha value is -2.46. The van der Waals surface area contributed by atoms with Gasteiger partial charge in [0, 0.05) is 32.1 Å². The predicted molar refractivity (Wildman–Crippen MR) is 108 cm³/mol. The molecule has 0 bridgehead atoms. The minimum atomic E-state index is -0.620. The molecule has 1 N–H and O–H groups in total. The highest BCUT2D eigenvalue weighted by Crippen LogP contribution is 2.34. The summed E-state index contributed by atoms with van der Waals surface area (Å²) in [4.78, 5) is 14.2. The molecule has 0 radical (unpaired) electrons. The lowest BCUT2D eigenvalue weighted by atomic mass is 9.80. The third-order valence-corrected chi connectivity index (χ3v) is 5.20. The van der Waals surface area contributed by atoms with Crippen LogP contribution in [0.3, 0.4) is 0 Å². The number of benzene rings is 2. The van der Waals surface area contributed by atoms with E-state index in [1.54, 1.807) is 12.1 Å². The molecule has 0 unspecified atom stereocenters. The maximum atomic E-state index is 14.4. The number of hydrogen-bond donors (Lipinski definition) is 1. The predicted octanol–water partition coefficient (Wildman–Crippen LogP) is 4.36. The van der Waals surface area contributed by atoms with Crippen molar-refractivity contribution in [2.75, 3.05) is 19.6 Å². The minimum absolute atomic E-state index is 0.119. The summed E-state index contributed by atoms with van der Waals surface area (Å²) in [6.45, 7) is 6.15. The third kappa shape index (κ3) is 4.83. The molecule has 0 aliphatic carbocycles. The third-order valence-electron chi connectivity index (χ3n) is 5.20. The minimum Gasteiger partial charge on any atom is -0.347 e. The Morgan fingerprint density at radius 2 is 1.70 bits per heavy atom. The Bertz CT molecular complexity index is 808. The molecule has 142 valence electrons. The van der Waals surface area contributed by atoms with Crippen molar-refractivity contribution in [3.63, 3.8) is 0 Å². The fraction of sp³-hybridized carbons (Fsp3) is 0.348. The monoisotopic (exact) mass is 366 g/mol. The number of carbonyl (C=O) groups excluding carboxylic acids is 1. The summed E-state index contributed by atoms with van der Waals surface area (Å²) >= 11 is 0. The van der Waals surface area contributed by atoms with Crippen molar-refractivity contribution in [1.82, 2.24) is 10.2 Å². The number of piperidine rings is 1. The molecule has 0 spiro atoms. The number of carbonyl (C=O) groups is 1. The van der Waals surface area contributed by atoms with Crippen LogP contribution >= 0.6 is 0 Å². The van der Waals surface area contributed by atoms with Crippen LogP contribution in [0.25, 0.3) is 6.08 Å². The molecule has 1 aliphatic rings. The number of halogens is 1. The van der Waals surface area contributed by atoms with Crippen LogP contribution in [-0.2, 0) is 10.3 Å². The summed E-state index contributed by atoms with van der Waals surface area (Å²) in [6, 6.07) is 17.1. The molecule has 4 heteroatoms. The van der Waals surface area contributed by atoms with Crippen LogP contribution in [0.15, 0.2) is 60.2 Å². The second-order valence-corrected chi connectivity index (χ2v) is 7.42. The zero-order valence-corrected chi connectivity index (χ0v) is 16.0. The first-order chi connectivity index (χ1) is 13.0. The Morgan fingerprint density at radius 1 is 1.07 bits per heavy atom. The quantitative estimate of drug-likeness (QED) is 0.853. The number of amides is 1. The van der Waals surface area contributed by atoms with E-state index in [-0.39, 0.29) is 11.7 Å². The first-order valence-electron chi connectivity index (χ1n) is 9.47. The molecule has 2 aromatic rings. The van der Waals surface area contributed by atoms with Gasteiger partial charge in [0.25, 0.3) is 0 Å². The first-order valence-corrected chi connectivity index (χ1v) is 9.47. The summed E-state index contributed by atoms with van der Waals surface area (Å²) in [7, 11) is 0. The summed E-state index contributed by atoms with van der Waals surface area (Å²) in [5.41, 5.74) is 2.46. The van der Waals surface area contributed by atoms with Gasteiger partial charge in [0.05, 0.1) is 5.54 Å². The van der Waals surface area contributed by atoms with Gasteiger partial charge in [0.1, 0.15) is 5.82 Å². The lowest BCUT2D eigenvalue weighted by Gasteiger charge is -2.43. The standard InChI is InChI=1S/C23H27FN2O/c1-18(16-20-8-4-3-5-9-20)17-26-14-12-23(13-15-26,25-19(2)27)21-10-6-7-11-22(21)24/h3-11,16H,12-15,17H2,1-2H3,(H,25,27)/b18-16+. The van der Waals surface area contributed by atoms with Gasteiger partial charge in [0.2, 0.25) is 5.91 Å². The second kappa shape index (κ2) is 8.49. The van der Waals surface area contributed by atoms with Gasteiger partial charge >= 0.3 is 0 Å². The molecule has 3 nitrogen and oxygen atoms in total. The van der Waals surface area contributed by atoms with Gasteiger partial charge in [-0.2, -0.15) is 0 Å². The number of nitrogens with one attached hydrogen (secondary N) is 1. The maximum absolute atomic E-state index is 14.4. The Kier molecular flexibility index (Phi) is 6.07. The molecule has 27 heavy (non-hydrogen) atoms. The highest BCUT2D eigenvalue weighted by atomic mass is 19.1. The average Bonchev–Trinajstić information content (AvgIpc) is 2.64. The highest BCUT2D eigenvalue weighted by molar-refractivity contribution is 5.74. The number of rotatable bonds is 5. The lowest BCUT2D eigenvalue weighted by Crippen LogP contribution is -2.53. The van der Waals surface area contributed by atoms with Crippen LogP contribution in [0.5, 0.6) is 0 Å². The first kappa shape index (κ1) is 19.3. The fourth-order valence-electron chi connectivity index (χ4n) is 3.97. The maximum Gasteiger partial charge on any atom is 0.217 e. The smallest absolute Gasteiger partial charge is 0.217 e.